The summed E-state index contributed by atoms with van der Waals surface area (Å²) in [4.78, 5) is 0. The number of nitrogens with one attached hydrogen (secondary N) is 1. The van der Waals surface area contributed by atoms with Crippen LogP contribution >= 0.6 is 11.6 Å². The highest BCUT2D eigenvalue weighted by Gasteiger charge is 2.10. The Balaban J connectivity index is 2.57. The highest BCUT2D eigenvalue weighted by molar-refractivity contribution is 6.30. The minimum absolute atomic E-state index is 0.124. The van der Waals surface area contributed by atoms with Crippen LogP contribution < -0.4 is 5.32 Å². The number of halogens is 1. The molecule has 96 valence electrons. The molecule has 0 saturated carbocycles. The molecule has 0 bridgehead atoms. The molecule has 0 aromatic heterocycles. The number of hydrogen-bond acceptors (Lipinski definition) is 2. The maximum Gasteiger partial charge on any atom is 0.0949 e. The van der Waals surface area contributed by atoms with Crippen LogP contribution in [-0.2, 0) is 4.74 Å². The molecule has 1 aromatic carbocycles. The Kier molecular flexibility index (Phi) is 7.25. The van der Waals surface area contributed by atoms with Gasteiger partial charge < -0.3 is 10.1 Å². The van der Waals surface area contributed by atoms with E-state index in [9.17, 15) is 0 Å². The van der Waals surface area contributed by atoms with Gasteiger partial charge in [0.2, 0.25) is 0 Å². The van der Waals surface area contributed by atoms with Gasteiger partial charge in [-0.05, 0) is 37.1 Å². The Morgan fingerprint density at radius 1 is 1.18 bits per heavy atom. The van der Waals surface area contributed by atoms with E-state index >= 15 is 0 Å². The van der Waals surface area contributed by atoms with Crippen molar-refractivity contribution in [3.05, 3.63) is 34.9 Å². The standard InChI is InChI=1S/C14H22ClNO/c1-3-9-16-11-14(17-10-4-2)12-5-7-13(15)8-6-12/h5-8,14,16H,3-4,9-11H2,1-2H3. The minimum atomic E-state index is 0.124. The number of hydrogen-bond donors (Lipinski definition) is 1. The Labute approximate surface area is 109 Å². The molecule has 1 unspecified atom stereocenters. The molecule has 1 atom stereocenters. The van der Waals surface area contributed by atoms with E-state index in [-0.39, 0.29) is 6.10 Å². The van der Waals surface area contributed by atoms with Crippen molar-refractivity contribution in [2.45, 2.75) is 32.8 Å². The van der Waals surface area contributed by atoms with E-state index < -0.39 is 0 Å². The fourth-order valence-electron chi connectivity index (χ4n) is 1.62. The van der Waals surface area contributed by atoms with Gasteiger partial charge in [-0.2, -0.15) is 0 Å². The lowest BCUT2D eigenvalue weighted by Crippen LogP contribution is -2.24. The molecule has 1 aromatic rings. The van der Waals surface area contributed by atoms with Crippen molar-refractivity contribution in [3.63, 3.8) is 0 Å². The van der Waals surface area contributed by atoms with Crippen LogP contribution in [0.15, 0.2) is 24.3 Å². The molecular weight excluding hydrogens is 234 g/mol. The van der Waals surface area contributed by atoms with Gasteiger partial charge in [0.05, 0.1) is 6.10 Å². The van der Waals surface area contributed by atoms with Crippen LogP contribution in [0.1, 0.15) is 38.4 Å². The fourth-order valence-corrected chi connectivity index (χ4v) is 1.75. The van der Waals surface area contributed by atoms with Crippen molar-refractivity contribution in [2.24, 2.45) is 0 Å². The van der Waals surface area contributed by atoms with Gasteiger partial charge in [-0.25, -0.2) is 0 Å². The first-order valence-electron chi connectivity index (χ1n) is 6.35. The van der Waals surface area contributed by atoms with Crippen molar-refractivity contribution in [1.29, 1.82) is 0 Å². The summed E-state index contributed by atoms with van der Waals surface area (Å²) in [7, 11) is 0. The molecule has 0 saturated heterocycles. The molecule has 0 aliphatic carbocycles. The summed E-state index contributed by atoms with van der Waals surface area (Å²) >= 11 is 5.89. The Hall–Kier alpha value is -0.570. The molecule has 0 radical (unpaired) electrons. The second kappa shape index (κ2) is 8.51. The summed E-state index contributed by atoms with van der Waals surface area (Å²) in [5.74, 6) is 0. The second-order valence-electron chi connectivity index (χ2n) is 4.12. The van der Waals surface area contributed by atoms with Crippen LogP contribution in [0.25, 0.3) is 0 Å². The zero-order chi connectivity index (χ0) is 12.5. The fraction of sp³-hybridized carbons (Fsp3) is 0.571. The van der Waals surface area contributed by atoms with Crippen LogP contribution in [0.5, 0.6) is 0 Å². The van der Waals surface area contributed by atoms with Crippen molar-refractivity contribution >= 4 is 11.6 Å². The van der Waals surface area contributed by atoms with Crippen LogP contribution in [-0.4, -0.2) is 19.7 Å². The molecule has 0 heterocycles. The number of benzene rings is 1. The maximum absolute atomic E-state index is 5.89. The first-order chi connectivity index (χ1) is 8.27. The Bertz CT molecular complexity index is 300. The third kappa shape index (κ3) is 5.53. The smallest absolute Gasteiger partial charge is 0.0949 e. The summed E-state index contributed by atoms with van der Waals surface area (Å²) in [6.45, 7) is 6.96. The van der Waals surface area contributed by atoms with Gasteiger partial charge in [0.15, 0.2) is 0 Å². The minimum Gasteiger partial charge on any atom is -0.372 e. The SMILES string of the molecule is CCCNCC(OCCC)c1ccc(Cl)cc1. The van der Waals surface area contributed by atoms with Crippen LogP contribution in [0.3, 0.4) is 0 Å². The van der Waals surface area contributed by atoms with Crippen LogP contribution in [0, 0.1) is 0 Å². The van der Waals surface area contributed by atoms with E-state index in [0.717, 1.165) is 37.6 Å². The van der Waals surface area contributed by atoms with E-state index in [1.165, 1.54) is 5.56 Å². The molecule has 3 heteroatoms. The van der Waals surface area contributed by atoms with Crippen molar-refractivity contribution in [1.82, 2.24) is 5.32 Å². The number of ether oxygens (including phenoxy) is 1. The molecule has 0 spiro atoms. The topological polar surface area (TPSA) is 21.3 Å². The molecule has 1 N–H and O–H groups in total. The lowest BCUT2D eigenvalue weighted by molar-refractivity contribution is 0.0531. The molecule has 17 heavy (non-hydrogen) atoms. The van der Waals surface area contributed by atoms with Crippen molar-refractivity contribution in [3.8, 4) is 0 Å². The molecule has 0 fully saturated rings. The predicted octanol–water partition coefficient (Wildman–Crippen LogP) is 3.81. The summed E-state index contributed by atoms with van der Waals surface area (Å²) in [5.41, 5.74) is 1.19. The summed E-state index contributed by atoms with van der Waals surface area (Å²) in [6, 6.07) is 7.91. The average Bonchev–Trinajstić information content (AvgIpc) is 2.35. The predicted molar refractivity (Wildman–Crippen MR) is 73.6 cm³/mol. The normalized spacial score (nSPS) is 12.6. The molecule has 2 nitrogen and oxygen atoms in total. The summed E-state index contributed by atoms with van der Waals surface area (Å²) < 4.78 is 5.86. The van der Waals surface area contributed by atoms with Gasteiger partial charge in [0.1, 0.15) is 0 Å². The van der Waals surface area contributed by atoms with Gasteiger partial charge in [0, 0.05) is 18.2 Å². The lowest BCUT2D eigenvalue weighted by atomic mass is 10.1. The second-order valence-corrected chi connectivity index (χ2v) is 4.55. The number of rotatable bonds is 8. The molecule has 0 aliphatic rings. The van der Waals surface area contributed by atoms with Gasteiger partial charge >= 0.3 is 0 Å². The van der Waals surface area contributed by atoms with Crippen molar-refractivity contribution in [2.75, 3.05) is 19.7 Å². The van der Waals surface area contributed by atoms with E-state index in [1.54, 1.807) is 0 Å². The average molecular weight is 256 g/mol. The van der Waals surface area contributed by atoms with Crippen molar-refractivity contribution < 1.29 is 4.74 Å². The molecular formula is C14H22ClNO. The van der Waals surface area contributed by atoms with Gasteiger partial charge in [-0.1, -0.05) is 37.6 Å². The third-order valence-electron chi connectivity index (χ3n) is 2.52. The zero-order valence-corrected chi connectivity index (χ0v) is 11.5. The van der Waals surface area contributed by atoms with Gasteiger partial charge in [-0.15, -0.1) is 0 Å². The largest absolute Gasteiger partial charge is 0.372 e. The zero-order valence-electron chi connectivity index (χ0n) is 10.7. The van der Waals surface area contributed by atoms with Crippen LogP contribution in [0.2, 0.25) is 5.02 Å². The van der Waals surface area contributed by atoms with Gasteiger partial charge in [-0.3, -0.25) is 0 Å². The van der Waals surface area contributed by atoms with E-state index in [4.69, 9.17) is 16.3 Å². The molecule has 0 amide bonds. The third-order valence-corrected chi connectivity index (χ3v) is 2.77. The highest BCUT2D eigenvalue weighted by Crippen LogP contribution is 2.19. The van der Waals surface area contributed by atoms with Gasteiger partial charge in [0.25, 0.3) is 0 Å². The molecule has 1 rings (SSSR count). The Morgan fingerprint density at radius 2 is 1.88 bits per heavy atom. The first kappa shape index (κ1) is 14.5. The van der Waals surface area contributed by atoms with Crippen LogP contribution in [0.4, 0.5) is 0 Å². The first-order valence-corrected chi connectivity index (χ1v) is 6.73. The summed E-state index contributed by atoms with van der Waals surface area (Å²) in [6.07, 6.45) is 2.30. The summed E-state index contributed by atoms with van der Waals surface area (Å²) in [5, 5.41) is 4.17. The monoisotopic (exact) mass is 255 g/mol. The highest BCUT2D eigenvalue weighted by atomic mass is 35.5. The lowest BCUT2D eigenvalue weighted by Gasteiger charge is -2.18. The van der Waals surface area contributed by atoms with E-state index in [0.29, 0.717) is 0 Å². The maximum atomic E-state index is 5.89. The Morgan fingerprint density at radius 3 is 2.47 bits per heavy atom. The molecule has 0 aliphatic heterocycles. The van der Waals surface area contributed by atoms with E-state index in [1.807, 2.05) is 24.3 Å². The quantitative estimate of drug-likeness (QED) is 0.714. The van der Waals surface area contributed by atoms with E-state index in [2.05, 4.69) is 19.2 Å².